The molecule has 0 saturated carbocycles. The molecule has 0 bridgehead atoms. The van der Waals surface area contributed by atoms with Gasteiger partial charge in [-0.15, -0.1) is 0 Å². The molecule has 0 aliphatic rings. The molecular formula is C13H14ClNO2S. The number of halogens is 1. The Hall–Kier alpha value is -1.36. The number of nitrogens with one attached hydrogen (secondary N) is 1. The summed E-state index contributed by atoms with van der Waals surface area (Å²) in [5.41, 5.74) is 1.16. The van der Waals surface area contributed by atoms with E-state index in [0.717, 1.165) is 5.69 Å². The molecule has 2 N–H and O–H groups in total. The van der Waals surface area contributed by atoms with E-state index in [2.05, 4.69) is 5.32 Å². The summed E-state index contributed by atoms with van der Waals surface area (Å²) in [6, 6.07) is 16.2. The lowest BCUT2D eigenvalue weighted by molar-refractivity contribution is 0.564. The van der Waals surface area contributed by atoms with Crippen LogP contribution in [0.5, 0.6) is 0 Å². The highest BCUT2D eigenvalue weighted by Crippen LogP contribution is 2.11. The van der Waals surface area contributed by atoms with Crippen molar-refractivity contribution < 1.29 is 8.76 Å². The van der Waals surface area contributed by atoms with Gasteiger partial charge in [-0.2, -0.15) is 0 Å². The summed E-state index contributed by atoms with van der Waals surface area (Å²) in [4.78, 5) is 0.365. The zero-order valence-corrected chi connectivity index (χ0v) is 11.4. The summed E-state index contributed by atoms with van der Waals surface area (Å²) in [5.74, 6) is 0. The Morgan fingerprint density at radius 1 is 1.06 bits per heavy atom. The molecule has 5 heteroatoms. The molecule has 0 aliphatic carbocycles. The molecule has 0 amide bonds. The lowest BCUT2D eigenvalue weighted by Gasteiger charge is -1.94. The van der Waals surface area contributed by atoms with E-state index >= 15 is 0 Å². The minimum atomic E-state index is -1.90. The Kier molecular flexibility index (Phi) is 6.43. The van der Waals surface area contributed by atoms with Crippen molar-refractivity contribution in [3.05, 3.63) is 59.6 Å². The summed E-state index contributed by atoms with van der Waals surface area (Å²) in [6.07, 6.45) is 0. The van der Waals surface area contributed by atoms with Crippen molar-refractivity contribution in [3.8, 4) is 0 Å². The molecule has 2 aromatic carbocycles. The van der Waals surface area contributed by atoms with Crippen molar-refractivity contribution in [2.24, 2.45) is 0 Å². The van der Waals surface area contributed by atoms with Crippen LogP contribution in [0, 0.1) is 0 Å². The standard InChI is InChI=1S/C7H9N.C6H5ClO2S/c1-8-7-5-3-2-4-6-7;7-5-1-3-6(4-2-5)10(8)9/h2-6,8H,1H3;1-4H,(H,8,9). The van der Waals surface area contributed by atoms with E-state index in [0.29, 0.717) is 9.92 Å². The molecule has 18 heavy (non-hydrogen) atoms. The van der Waals surface area contributed by atoms with E-state index in [1.54, 1.807) is 12.1 Å². The molecule has 96 valence electrons. The largest absolute Gasteiger partial charge is 0.388 e. The van der Waals surface area contributed by atoms with Crippen LogP contribution in [0.2, 0.25) is 5.02 Å². The topological polar surface area (TPSA) is 49.3 Å². The minimum absolute atomic E-state index is 0.365. The second-order valence-electron chi connectivity index (χ2n) is 3.32. The molecule has 1 atom stereocenters. The van der Waals surface area contributed by atoms with Crippen molar-refractivity contribution in [1.82, 2.24) is 0 Å². The quantitative estimate of drug-likeness (QED) is 0.827. The summed E-state index contributed by atoms with van der Waals surface area (Å²) in [7, 11) is 1.91. The van der Waals surface area contributed by atoms with E-state index in [1.807, 2.05) is 37.4 Å². The zero-order chi connectivity index (χ0) is 13.4. The van der Waals surface area contributed by atoms with E-state index in [-0.39, 0.29) is 0 Å². The predicted octanol–water partition coefficient (Wildman–Crippen LogP) is 3.65. The summed E-state index contributed by atoms with van der Waals surface area (Å²) in [6.45, 7) is 0. The number of anilines is 1. The van der Waals surface area contributed by atoms with Crippen LogP contribution in [0.1, 0.15) is 0 Å². The molecule has 0 heterocycles. The van der Waals surface area contributed by atoms with Crippen molar-refractivity contribution in [3.63, 3.8) is 0 Å². The first-order valence-corrected chi connectivity index (χ1v) is 6.71. The third-order valence-electron chi connectivity index (χ3n) is 2.08. The summed E-state index contributed by atoms with van der Waals surface area (Å²) in [5, 5.41) is 3.59. The van der Waals surface area contributed by atoms with E-state index in [9.17, 15) is 4.21 Å². The molecule has 0 saturated heterocycles. The average Bonchev–Trinajstić information content (AvgIpc) is 2.41. The van der Waals surface area contributed by atoms with Crippen molar-refractivity contribution >= 4 is 28.4 Å². The second-order valence-corrected chi connectivity index (χ2v) is 4.73. The molecule has 0 fully saturated rings. The van der Waals surface area contributed by atoms with Gasteiger partial charge in [0.25, 0.3) is 0 Å². The van der Waals surface area contributed by atoms with Crippen LogP contribution < -0.4 is 5.32 Å². The van der Waals surface area contributed by atoms with Gasteiger partial charge in [0.1, 0.15) is 0 Å². The lowest BCUT2D eigenvalue weighted by Crippen LogP contribution is -1.85. The van der Waals surface area contributed by atoms with Gasteiger partial charge in [-0.1, -0.05) is 29.8 Å². The Balaban J connectivity index is 0.000000184. The zero-order valence-electron chi connectivity index (χ0n) is 9.84. The maximum Gasteiger partial charge on any atom is 0.186 e. The molecule has 1 unspecified atom stereocenters. The van der Waals surface area contributed by atoms with Gasteiger partial charge in [-0.3, -0.25) is 0 Å². The SMILES string of the molecule is CNc1ccccc1.O=S(O)c1ccc(Cl)cc1. The molecule has 0 aliphatic heterocycles. The normalized spacial score (nSPS) is 11.1. The van der Waals surface area contributed by atoms with Gasteiger partial charge in [0.15, 0.2) is 11.1 Å². The summed E-state index contributed by atoms with van der Waals surface area (Å²) >= 11 is 3.64. The van der Waals surface area contributed by atoms with Gasteiger partial charge in [-0.25, -0.2) is 4.21 Å². The van der Waals surface area contributed by atoms with E-state index in [1.165, 1.54) is 12.1 Å². The van der Waals surface area contributed by atoms with Crippen LogP contribution >= 0.6 is 11.6 Å². The maximum atomic E-state index is 10.4. The number of benzene rings is 2. The first kappa shape index (κ1) is 14.7. The fourth-order valence-corrected chi connectivity index (χ4v) is 1.65. The van der Waals surface area contributed by atoms with Gasteiger partial charge in [0, 0.05) is 17.8 Å². The third kappa shape index (κ3) is 5.31. The van der Waals surface area contributed by atoms with Gasteiger partial charge < -0.3 is 9.87 Å². The fourth-order valence-electron chi connectivity index (χ4n) is 1.16. The Morgan fingerprint density at radius 3 is 2.00 bits per heavy atom. The number of hydrogen-bond acceptors (Lipinski definition) is 2. The predicted molar refractivity (Wildman–Crippen MR) is 76.5 cm³/mol. The average molecular weight is 284 g/mol. The highest BCUT2D eigenvalue weighted by Gasteiger charge is 1.96. The van der Waals surface area contributed by atoms with Gasteiger partial charge >= 0.3 is 0 Å². The van der Waals surface area contributed by atoms with Crippen LogP contribution in [0.3, 0.4) is 0 Å². The highest BCUT2D eigenvalue weighted by atomic mass is 35.5. The van der Waals surface area contributed by atoms with Gasteiger partial charge in [-0.05, 0) is 36.4 Å². The fraction of sp³-hybridized carbons (Fsp3) is 0.0769. The molecule has 3 nitrogen and oxygen atoms in total. The van der Waals surface area contributed by atoms with Crippen molar-refractivity contribution in [1.29, 1.82) is 0 Å². The van der Waals surface area contributed by atoms with E-state index in [4.69, 9.17) is 16.2 Å². The van der Waals surface area contributed by atoms with Crippen LogP contribution in [-0.2, 0) is 11.1 Å². The highest BCUT2D eigenvalue weighted by molar-refractivity contribution is 7.79. The molecular weight excluding hydrogens is 270 g/mol. The molecule has 2 rings (SSSR count). The van der Waals surface area contributed by atoms with Gasteiger partial charge in [0.2, 0.25) is 0 Å². The first-order chi connectivity index (χ1) is 8.63. The Labute approximate surface area is 114 Å². The molecule has 0 spiro atoms. The smallest absolute Gasteiger partial charge is 0.186 e. The monoisotopic (exact) mass is 283 g/mol. The second kappa shape index (κ2) is 7.87. The lowest BCUT2D eigenvalue weighted by atomic mass is 10.3. The molecule has 2 aromatic rings. The van der Waals surface area contributed by atoms with Crippen molar-refractivity contribution in [2.45, 2.75) is 4.90 Å². The maximum absolute atomic E-state index is 10.4. The molecule has 0 radical (unpaired) electrons. The Bertz CT molecular complexity index is 488. The van der Waals surface area contributed by atoms with Crippen LogP contribution in [0.15, 0.2) is 59.5 Å². The third-order valence-corrected chi connectivity index (χ3v) is 3.01. The number of para-hydroxylation sites is 1. The minimum Gasteiger partial charge on any atom is -0.388 e. The molecule has 0 aromatic heterocycles. The number of rotatable bonds is 2. The Morgan fingerprint density at radius 2 is 1.61 bits per heavy atom. The van der Waals surface area contributed by atoms with Crippen LogP contribution in [0.25, 0.3) is 0 Å². The van der Waals surface area contributed by atoms with Gasteiger partial charge in [0.05, 0.1) is 4.90 Å². The van der Waals surface area contributed by atoms with Crippen molar-refractivity contribution in [2.75, 3.05) is 12.4 Å². The van der Waals surface area contributed by atoms with Crippen LogP contribution in [0.4, 0.5) is 5.69 Å². The summed E-state index contributed by atoms with van der Waals surface area (Å²) < 4.78 is 18.9. The number of hydrogen-bond donors (Lipinski definition) is 2. The first-order valence-electron chi connectivity index (χ1n) is 5.22. The van der Waals surface area contributed by atoms with E-state index < -0.39 is 11.1 Å². The van der Waals surface area contributed by atoms with Crippen LogP contribution in [-0.4, -0.2) is 15.8 Å².